The lowest BCUT2D eigenvalue weighted by atomic mass is 9.77. The molecule has 3 aromatic rings. The molecular formula is C28H30N2O. The third-order valence-corrected chi connectivity index (χ3v) is 5.48. The van der Waals surface area contributed by atoms with Crippen molar-refractivity contribution >= 4 is 17.6 Å². The number of hydrogen-bond acceptors (Lipinski definition) is 3. The van der Waals surface area contributed by atoms with Crippen molar-refractivity contribution in [2.24, 2.45) is 4.99 Å². The summed E-state index contributed by atoms with van der Waals surface area (Å²) in [7, 11) is 0. The van der Waals surface area contributed by atoms with Gasteiger partial charge in [-0.15, -0.1) is 13.2 Å². The van der Waals surface area contributed by atoms with E-state index >= 15 is 0 Å². The van der Waals surface area contributed by atoms with E-state index in [4.69, 9.17) is 0 Å². The Morgan fingerprint density at radius 2 is 1.58 bits per heavy atom. The molecule has 0 radical (unpaired) electrons. The van der Waals surface area contributed by atoms with Crippen LogP contribution in [-0.4, -0.2) is 24.4 Å². The monoisotopic (exact) mass is 410 g/mol. The second-order valence-corrected chi connectivity index (χ2v) is 7.99. The molecule has 1 N–H and O–H groups in total. The topological polar surface area (TPSA) is 35.8 Å². The molecule has 0 saturated heterocycles. The molecule has 3 nitrogen and oxygen atoms in total. The Morgan fingerprint density at radius 3 is 2.26 bits per heavy atom. The van der Waals surface area contributed by atoms with E-state index < -0.39 is 0 Å². The van der Waals surface area contributed by atoms with Crippen molar-refractivity contribution in [2.45, 2.75) is 19.3 Å². The lowest BCUT2D eigenvalue weighted by Crippen LogP contribution is -2.22. The highest BCUT2D eigenvalue weighted by molar-refractivity contribution is 5.86. The van der Waals surface area contributed by atoms with Crippen LogP contribution >= 0.6 is 0 Å². The van der Waals surface area contributed by atoms with Crippen LogP contribution in [0.5, 0.6) is 5.75 Å². The van der Waals surface area contributed by atoms with Crippen LogP contribution in [-0.2, 0) is 5.41 Å². The summed E-state index contributed by atoms with van der Waals surface area (Å²) in [6.45, 7) is 13.4. The lowest BCUT2D eigenvalue weighted by Gasteiger charge is -2.27. The zero-order valence-corrected chi connectivity index (χ0v) is 18.3. The number of phenolic OH excluding ortho intramolecular Hbond substituents is 1. The minimum absolute atomic E-state index is 0.260. The second-order valence-electron chi connectivity index (χ2n) is 7.99. The summed E-state index contributed by atoms with van der Waals surface area (Å²) >= 11 is 0. The lowest BCUT2D eigenvalue weighted by molar-refractivity contribution is 0.452. The molecule has 0 aliphatic carbocycles. The van der Waals surface area contributed by atoms with E-state index in [0.717, 1.165) is 35.6 Å². The number of rotatable bonds is 9. The smallest absolute Gasteiger partial charge is 0.128 e. The zero-order chi connectivity index (χ0) is 22.3. The van der Waals surface area contributed by atoms with Crippen LogP contribution in [0.3, 0.4) is 0 Å². The van der Waals surface area contributed by atoms with E-state index in [-0.39, 0.29) is 11.2 Å². The Hall–Kier alpha value is -3.59. The molecule has 31 heavy (non-hydrogen) atoms. The highest BCUT2D eigenvalue weighted by Crippen LogP contribution is 2.38. The molecular weight excluding hydrogens is 380 g/mol. The van der Waals surface area contributed by atoms with Crippen molar-refractivity contribution in [3.63, 3.8) is 0 Å². The summed E-state index contributed by atoms with van der Waals surface area (Å²) in [5.41, 5.74) is 4.27. The third-order valence-electron chi connectivity index (χ3n) is 5.48. The maximum Gasteiger partial charge on any atom is 0.128 e. The Labute approximate surface area is 185 Å². The minimum Gasteiger partial charge on any atom is -0.507 e. The first-order valence-electron chi connectivity index (χ1n) is 10.5. The standard InChI is InChI=1S/C28H30N2O/c1-5-18-30(19-6-2)25-16-11-15-24(20-25)29-21-22-12-10-17-26(27(22)31)28(3,4)23-13-8-7-9-14-23/h5-17,20-21,31H,1-2,18-19H2,3-4H3. The van der Waals surface area contributed by atoms with Gasteiger partial charge in [-0.1, -0.05) is 74.5 Å². The molecule has 0 aliphatic rings. The molecule has 3 heteroatoms. The molecule has 0 unspecified atom stereocenters. The summed E-state index contributed by atoms with van der Waals surface area (Å²) in [6.07, 6.45) is 5.47. The van der Waals surface area contributed by atoms with Crippen molar-refractivity contribution in [3.8, 4) is 5.75 Å². The quantitative estimate of drug-likeness (QED) is 0.317. The number of anilines is 1. The maximum atomic E-state index is 11.0. The number of benzene rings is 3. The van der Waals surface area contributed by atoms with Crippen LogP contribution in [0.1, 0.15) is 30.5 Å². The third kappa shape index (κ3) is 5.13. The largest absolute Gasteiger partial charge is 0.507 e. The van der Waals surface area contributed by atoms with Gasteiger partial charge in [0.15, 0.2) is 0 Å². The van der Waals surface area contributed by atoms with E-state index in [1.807, 2.05) is 72.8 Å². The summed E-state index contributed by atoms with van der Waals surface area (Å²) in [4.78, 5) is 6.80. The van der Waals surface area contributed by atoms with Crippen molar-refractivity contribution in [1.82, 2.24) is 0 Å². The fourth-order valence-corrected chi connectivity index (χ4v) is 3.69. The van der Waals surface area contributed by atoms with Crippen molar-refractivity contribution in [3.05, 3.63) is 115 Å². The van der Waals surface area contributed by atoms with Gasteiger partial charge in [0.05, 0.1) is 5.69 Å². The molecule has 0 fully saturated rings. The van der Waals surface area contributed by atoms with Gasteiger partial charge in [0.1, 0.15) is 5.75 Å². The number of nitrogens with zero attached hydrogens (tertiary/aromatic N) is 2. The van der Waals surface area contributed by atoms with Gasteiger partial charge in [-0.05, 0) is 29.8 Å². The molecule has 0 bridgehead atoms. The maximum absolute atomic E-state index is 11.0. The fraction of sp³-hybridized carbons (Fsp3) is 0.179. The molecule has 0 amide bonds. The molecule has 158 valence electrons. The Balaban J connectivity index is 1.90. The normalized spacial score (nSPS) is 11.4. The highest BCUT2D eigenvalue weighted by atomic mass is 16.3. The molecule has 0 atom stereocenters. The number of aliphatic imine (C=N–C) groups is 1. The number of para-hydroxylation sites is 1. The van der Waals surface area contributed by atoms with E-state index in [1.165, 1.54) is 0 Å². The Kier molecular flexibility index (Phi) is 7.09. The van der Waals surface area contributed by atoms with Gasteiger partial charge in [0.25, 0.3) is 0 Å². The number of phenols is 1. The summed E-state index contributed by atoms with van der Waals surface area (Å²) < 4.78 is 0. The van der Waals surface area contributed by atoms with Crippen LogP contribution in [0.4, 0.5) is 11.4 Å². The molecule has 3 aromatic carbocycles. The first-order chi connectivity index (χ1) is 15.0. The van der Waals surface area contributed by atoms with E-state index in [9.17, 15) is 5.11 Å². The molecule has 0 heterocycles. The number of aromatic hydroxyl groups is 1. The van der Waals surface area contributed by atoms with E-state index in [2.05, 4.69) is 49.0 Å². The van der Waals surface area contributed by atoms with Crippen LogP contribution in [0.2, 0.25) is 0 Å². The minimum atomic E-state index is -0.328. The van der Waals surface area contributed by atoms with Gasteiger partial charge in [0, 0.05) is 41.5 Å². The van der Waals surface area contributed by atoms with Gasteiger partial charge in [-0.2, -0.15) is 0 Å². The SMILES string of the molecule is C=CCN(CC=C)c1cccc(N=Cc2cccc(C(C)(C)c3ccccc3)c2O)c1. The Bertz CT molecular complexity index is 1060. The summed E-state index contributed by atoms with van der Waals surface area (Å²) in [6, 6.07) is 24.1. The predicted octanol–water partition coefficient (Wildman–Crippen LogP) is 6.65. The van der Waals surface area contributed by atoms with Gasteiger partial charge in [-0.3, -0.25) is 4.99 Å². The van der Waals surface area contributed by atoms with Gasteiger partial charge >= 0.3 is 0 Å². The molecule has 3 rings (SSSR count). The summed E-state index contributed by atoms with van der Waals surface area (Å²) in [5, 5.41) is 11.0. The molecule has 0 saturated carbocycles. The zero-order valence-electron chi connectivity index (χ0n) is 18.3. The van der Waals surface area contributed by atoms with Crippen LogP contribution in [0.25, 0.3) is 0 Å². The molecule has 0 aromatic heterocycles. The van der Waals surface area contributed by atoms with Crippen LogP contribution < -0.4 is 4.90 Å². The van der Waals surface area contributed by atoms with Gasteiger partial charge in [0.2, 0.25) is 0 Å². The van der Waals surface area contributed by atoms with Crippen molar-refractivity contribution in [2.75, 3.05) is 18.0 Å². The van der Waals surface area contributed by atoms with Crippen molar-refractivity contribution < 1.29 is 5.11 Å². The Morgan fingerprint density at radius 1 is 0.903 bits per heavy atom. The van der Waals surface area contributed by atoms with Gasteiger partial charge < -0.3 is 10.0 Å². The number of hydrogen-bond donors (Lipinski definition) is 1. The second kappa shape index (κ2) is 9.94. The molecule has 0 spiro atoms. The van der Waals surface area contributed by atoms with E-state index in [0.29, 0.717) is 5.56 Å². The van der Waals surface area contributed by atoms with Crippen molar-refractivity contribution in [1.29, 1.82) is 0 Å². The van der Waals surface area contributed by atoms with Gasteiger partial charge in [-0.25, -0.2) is 0 Å². The first-order valence-corrected chi connectivity index (χ1v) is 10.5. The average Bonchev–Trinajstić information content (AvgIpc) is 2.79. The molecule has 0 aliphatic heterocycles. The first kappa shape index (κ1) is 22.1. The highest BCUT2D eigenvalue weighted by Gasteiger charge is 2.26. The summed E-state index contributed by atoms with van der Waals surface area (Å²) in [5.74, 6) is 0.260. The van der Waals surface area contributed by atoms with Crippen LogP contribution in [0, 0.1) is 0 Å². The predicted molar refractivity (Wildman–Crippen MR) is 133 cm³/mol. The van der Waals surface area contributed by atoms with E-state index in [1.54, 1.807) is 6.21 Å². The fourth-order valence-electron chi connectivity index (χ4n) is 3.69. The van der Waals surface area contributed by atoms with Crippen LogP contribution in [0.15, 0.2) is 103 Å². The average molecular weight is 411 g/mol.